The van der Waals surface area contributed by atoms with Crippen LogP contribution in [0.3, 0.4) is 0 Å². The molecule has 4 heteroatoms. The maximum atomic E-state index is 4.10. The fraction of sp³-hybridized carbons (Fsp3) is 0.417. The second-order valence-electron chi connectivity index (χ2n) is 3.44. The Bertz CT molecular complexity index is 320. The number of hydrogen-bond acceptors (Lipinski definition) is 1. The minimum Gasteiger partial charge on any atom is -0.357 e. The molecule has 3 nitrogen and oxygen atoms in total. The van der Waals surface area contributed by atoms with E-state index in [4.69, 9.17) is 0 Å². The summed E-state index contributed by atoms with van der Waals surface area (Å²) in [6.45, 7) is 5.83. The molecular formula is C12H20IN3. The van der Waals surface area contributed by atoms with Crippen molar-refractivity contribution in [1.29, 1.82) is 0 Å². The number of halogens is 1. The number of rotatable bonds is 3. The topological polar surface area (TPSA) is 36.4 Å². The highest BCUT2D eigenvalue weighted by molar-refractivity contribution is 14.0. The summed E-state index contributed by atoms with van der Waals surface area (Å²) in [5, 5.41) is 6.40. The Morgan fingerprint density at radius 3 is 2.31 bits per heavy atom. The van der Waals surface area contributed by atoms with Gasteiger partial charge in [0.1, 0.15) is 0 Å². The molecule has 0 spiro atoms. The Hall–Kier alpha value is -0.780. The molecule has 2 N–H and O–H groups in total. The molecule has 0 bridgehead atoms. The molecule has 0 aliphatic rings. The number of aryl methyl sites for hydroxylation is 1. The van der Waals surface area contributed by atoms with Gasteiger partial charge in [-0.3, -0.25) is 4.99 Å². The number of nitrogens with zero attached hydrogens (tertiary/aromatic N) is 1. The Labute approximate surface area is 115 Å². The summed E-state index contributed by atoms with van der Waals surface area (Å²) in [5.41, 5.74) is 2.55. The van der Waals surface area contributed by atoms with Gasteiger partial charge in [-0.1, -0.05) is 29.8 Å². The highest BCUT2D eigenvalue weighted by atomic mass is 127. The Balaban J connectivity index is 0.00000225. The molecule has 1 aromatic rings. The quantitative estimate of drug-likeness (QED) is 0.506. The molecule has 0 atom stereocenters. The Morgan fingerprint density at radius 1 is 1.19 bits per heavy atom. The van der Waals surface area contributed by atoms with Crippen molar-refractivity contribution in [3.8, 4) is 0 Å². The molecule has 0 aliphatic carbocycles. The molecule has 0 saturated carbocycles. The highest BCUT2D eigenvalue weighted by Gasteiger charge is 1.95. The normalized spacial score (nSPS) is 10.6. The molecule has 1 rings (SSSR count). The molecule has 0 amide bonds. The van der Waals surface area contributed by atoms with E-state index in [0.29, 0.717) is 0 Å². The van der Waals surface area contributed by atoms with Crippen LogP contribution in [-0.2, 0) is 6.54 Å². The van der Waals surface area contributed by atoms with Gasteiger partial charge >= 0.3 is 0 Å². The summed E-state index contributed by atoms with van der Waals surface area (Å²) in [5.74, 6) is 0.845. The average Bonchev–Trinajstić information content (AvgIpc) is 2.26. The van der Waals surface area contributed by atoms with Crippen molar-refractivity contribution < 1.29 is 0 Å². The zero-order chi connectivity index (χ0) is 11.1. The van der Waals surface area contributed by atoms with E-state index >= 15 is 0 Å². The van der Waals surface area contributed by atoms with Crippen LogP contribution >= 0.6 is 24.0 Å². The van der Waals surface area contributed by atoms with E-state index in [1.54, 1.807) is 7.05 Å². The monoisotopic (exact) mass is 333 g/mol. The standard InChI is InChI=1S/C12H19N3.HI/c1-4-14-12(13-3)15-9-11-7-5-10(2)6-8-11;/h5-8H,4,9H2,1-3H3,(H2,13,14,15);1H. The minimum absolute atomic E-state index is 0. The first-order chi connectivity index (χ1) is 7.26. The third-order valence-electron chi connectivity index (χ3n) is 2.15. The van der Waals surface area contributed by atoms with Crippen molar-refractivity contribution in [3.05, 3.63) is 35.4 Å². The van der Waals surface area contributed by atoms with Crippen LogP contribution in [-0.4, -0.2) is 19.6 Å². The Morgan fingerprint density at radius 2 is 1.81 bits per heavy atom. The van der Waals surface area contributed by atoms with Gasteiger partial charge in [0.15, 0.2) is 5.96 Å². The third kappa shape index (κ3) is 5.34. The highest BCUT2D eigenvalue weighted by Crippen LogP contribution is 2.02. The lowest BCUT2D eigenvalue weighted by molar-refractivity contribution is 0.829. The van der Waals surface area contributed by atoms with E-state index in [9.17, 15) is 0 Å². The first-order valence-corrected chi connectivity index (χ1v) is 5.26. The number of benzene rings is 1. The molecule has 0 aliphatic heterocycles. The summed E-state index contributed by atoms with van der Waals surface area (Å²) < 4.78 is 0. The minimum atomic E-state index is 0. The summed E-state index contributed by atoms with van der Waals surface area (Å²) >= 11 is 0. The van der Waals surface area contributed by atoms with Crippen molar-refractivity contribution in [2.24, 2.45) is 4.99 Å². The predicted octanol–water partition coefficient (Wildman–Crippen LogP) is 2.30. The van der Waals surface area contributed by atoms with Crippen molar-refractivity contribution in [2.45, 2.75) is 20.4 Å². The molecule has 90 valence electrons. The van der Waals surface area contributed by atoms with E-state index in [2.05, 4.69) is 53.7 Å². The van der Waals surface area contributed by atoms with Crippen LogP contribution in [0.25, 0.3) is 0 Å². The van der Waals surface area contributed by atoms with Crippen LogP contribution in [0.2, 0.25) is 0 Å². The number of nitrogens with one attached hydrogen (secondary N) is 2. The molecule has 0 heterocycles. The first kappa shape index (κ1) is 15.2. The van der Waals surface area contributed by atoms with Gasteiger partial charge in [-0.2, -0.15) is 0 Å². The lowest BCUT2D eigenvalue weighted by Gasteiger charge is -2.10. The maximum Gasteiger partial charge on any atom is 0.191 e. The van der Waals surface area contributed by atoms with Gasteiger partial charge in [-0.15, -0.1) is 24.0 Å². The first-order valence-electron chi connectivity index (χ1n) is 5.26. The lowest BCUT2D eigenvalue weighted by atomic mass is 10.1. The largest absolute Gasteiger partial charge is 0.357 e. The second-order valence-corrected chi connectivity index (χ2v) is 3.44. The molecular weight excluding hydrogens is 313 g/mol. The van der Waals surface area contributed by atoms with E-state index in [0.717, 1.165) is 19.0 Å². The number of guanidine groups is 1. The van der Waals surface area contributed by atoms with Crippen molar-refractivity contribution in [1.82, 2.24) is 10.6 Å². The van der Waals surface area contributed by atoms with Crippen molar-refractivity contribution in [2.75, 3.05) is 13.6 Å². The fourth-order valence-electron chi connectivity index (χ4n) is 1.28. The second kappa shape index (κ2) is 8.38. The van der Waals surface area contributed by atoms with Crippen LogP contribution in [0.5, 0.6) is 0 Å². The molecule has 0 fully saturated rings. The summed E-state index contributed by atoms with van der Waals surface area (Å²) in [4.78, 5) is 4.10. The molecule has 0 aromatic heterocycles. The van der Waals surface area contributed by atoms with E-state index in [-0.39, 0.29) is 24.0 Å². The maximum absolute atomic E-state index is 4.10. The third-order valence-corrected chi connectivity index (χ3v) is 2.15. The average molecular weight is 333 g/mol. The number of aliphatic imine (C=N–C) groups is 1. The fourth-order valence-corrected chi connectivity index (χ4v) is 1.28. The summed E-state index contributed by atoms with van der Waals surface area (Å²) in [6.07, 6.45) is 0. The van der Waals surface area contributed by atoms with E-state index in [1.165, 1.54) is 11.1 Å². The van der Waals surface area contributed by atoms with Crippen molar-refractivity contribution >= 4 is 29.9 Å². The van der Waals surface area contributed by atoms with E-state index in [1.807, 2.05) is 0 Å². The van der Waals surface area contributed by atoms with Crippen LogP contribution < -0.4 is 10.6 Å². The van der Waals surface area contributed by atoms with Gasteiger partial charge in [-0.25, -0.2) is 0 Å². The van der Waals surface area contributed by atoms with Gasteiger partial charge in [-0.05, 0) is 19.4 Å². The summed E-state index contributed by atoms with van der Waals surface area (Å²) in [6, 6.07) is 8.49. The van der Waals surface area contributed by atoms with Gasteiger partial charge in [0.05, 0.1) is 0 Å². The predicted molar refractivity (Wildman–Crippen MR) is 80.5 cm³/mol. The number of hydrogen-bond donors (Lipinski definition) is 2. The molecule has 16 heavy (non-hydrogen) atoms. The molecule has 0 radical (unpaired) electrons. The van der Waals surface area contributed by atoms with Gasteiger partial charge in [0.2, 0.25) is 0 Å². The van der Waals surface area contributed by atoms with Crippen molar-refractivity contribution in [3.63, 3.8) is 0 Å². The van der Waals surface area contributed by atoms with E-state index < -0.39 is 0 Å². The van der Waals surface area contributed by atoms with Gasteiger partial charge < -0.3 is 10.6 Å². The van der Waals surface area contributed by atoms with Gasteiger partial charge in [0.25, 0.3) is 0 Å². The smallest absolute Gasteiger partial charge is 0.191 e. The van der Waals surface area contributed by atoms with Crippen LogP contribution in [0.15, 0.2) is 29.3 Å². The van der Waals surface area contributed by atoms with Gasteiger partial charge in [0, 0.05) is 20.1 Å². The lowest BCUT2D eigenvalue weighted by Crippen LogP contribution is -2.36. The van der Waals surface area contributed by atoms with Crippen LogP contribution in [0.1, 0.15) is 18.1 Å². The van der Waals surface area contributed by atoms with Crippen LogP contribution in [0, 0.1) is 6.92 Å². The van der Waals surface area contributed by atoms with Crippen LogP contribution in [0.4, 0.5) is 0 Å². The molecule has 0 unspecified atom stereocenters. The zero-order valence-corrected chi connectivity index (χ0v) is 12.4. The molecule has 1 aromatic carbocycles. The Kier molecular flexibility index (Phi) is 7.97. The molecule has 0 saturated heterocycles. The zero-order valence-electron chi connectivity index (χ0n) is 10.1. The summed E-state index contributed by atoms with van der Waals surface area (Å²) in [7, 11) is 1.78. The SMILES string of the molecule is CCNC(=NC)NCc1ccc(C)cc1.I.